The Hall–Kier alpha value is -2.55. The van der Waals surface area contributed by atoms with Crippen LogP contribution in [-0.2, 0) is 10.0 Å². The molecule has 0 fully saturated rings. The van der Waals surface area contributed by atoms with Crippen LogP contribution < -0.4 is 10.3 Å². The molecule has 0 spiro atoms. The summed E-state index contributed by atoms with van der Waals surface area (Å²) in [6.07, 6.45) is 1.31. The van der Waals surface area contributed by atoms with Crippen molar-refractivity contribution in [2.75, 3.05) is 0 Å². The molecule has 2 N–H and O–H groups in total. The Labute approximate surface area is 120 Å². The van der Waals surface area contributed by atoms with Crippen molar-refractivity contribution in [3.05, 3.63) is 51.6 Å². The molecule has 2 heterocycles. The number of nitrogens with one attached hydrogen (secondary N) is 2. The lowest BCUT2D eigenvalue weighted by molar-refractivity contribution is 0.0975. The average Bonchev–Trinajstić information content (AvgIpc) is 2.41. The van der Waals surface area contributed by atoms with Crippen LogP contribution in [0.4, 0.5) is 0 Å². The first-order valence-electron chi connectivity index (χ1n) is 5.86. The molecule has 21 heavy (non-hydrogen) atoms. The molecule has 0 bridgehead atoms. The molecule has 1 amide bonds. The van der Waals surface area contributed by atoms with Crippen molar-refractivity contribution < 1.29 is 13.2 Å². The Morgan fingerprint density at radius 1 is 1.29 bits per heavy atom. The van der Waals surface area contributed by atoms with Crippen LogP contribution in [0.5, 0.6) is 0 Å². The highest BCUT2D eigenvalue weighted by Gasteiger charge is 2.22. The van der Waals surface area contributed by atoms with E-state index >= 15 is 0 Å². The first-order chi connectivity index (χ1) is 9.81. The molecule has 2 rings (SSSR count). The number of H-pyrrole nitrogens is 1. The number of carbonyl (C=O) groups excluding carboxylic acids is 1. The summed E-state index contributed by atoms with van der Waals surface area (Å²) in [6, 6.07) is 4.35. The van der Waals surface area contributed by atoms with E-state index in [1.165, 1.54) is 19.2 Å². The standard InChI is InChI=1S/C12H12N4O4S/c1-7-4-3-5-13-12(7)21(19,20)16-11(18)9-6-8(2)10(17)15-14-9/h3-6H,1-2H3,(H,15,17)(H,16,18). The van der Waals surface area contributed by atoms with Crippen molar-refractivity contribution in [1.82, 2.24) is 19.9 Å². The number of hydrogen-bond donors (Lipinski definition) is 2. The highest BCUT2D eigenvalue weighted by Crippen LogP contribution is 2.10. The molecule has 110 valence electrons. The Morgan fingerprint density at radius 3 is 2.62 bits per heavy atom. The van der Waals surface area contributed by atoms with E-state index in [1.807, 2.05) is 4.72 Å². The van der Waals surface area contributed by atoms with Crippen LogP contribution in [0.15, 0.2) is 34.2 Å². The van der Waals surface area contributed by atoms with Gasteiger partial charge in [0.15, 0.2) is 5.03 Å². The fourth-order valence-electron chi connectivity index (χ4n) is 1.59. The number of aromatic amines is 1. The third-order valence-electron chi connectivity index (χ3n) is 2.66. The molecule has 9 heteroatoms. The Morgan fingerprint density at radius 2 is 2.00 bits per heavy atom. The van der Waals surface area contributed by atoms with Crippen LogP contribution in [0, 0.1) is 13.8 Å². The van der Waals surface area contributed by atoms with Crippen molar-refractivity contribution >= 4 is 15.9 Å². The quantitative estimate of drug-likeness (QED) is 0.816. The van der Waals surface area contributed by atoms with E-state index in [0.29, 0.717) is 5.56 Å². The third kappa shape index (κ3) is 3.14. The number of aryl methyl sites for hydroxylation is 2. The summed E-state index contributed by atoms with van der Waals surface area (Å²) >= 11 is 0. The molecule has 8 nitrogen and oxygen atoms in total. The predicted octanol–water partition coefficient (Wildman–Crippen LogP) is -0.0996. The fraction of sp³-hybridized carbons (Fsp3) is 0.167. The summed E-state index contributed by atoms with van der Waals surface area (Å²) in [5, 5.41) is 5.38. The maximum Gasteiger partial charge on any atom is 0.285 e. The average molecular weight is 308 g/mol. The fourth-order valence-corrected chi connectivity index (χ4v) is 2.73. The highest BCUT2D eigenvalue weighted by molar-refractivity contribution is 7.90. The molecule has 2 aromatic rings. The second-order valence-electron chi connectivity index (χ2n) is 4.33. The van der Waals surface area contributed by atoms with Crippen LogP contribution in [0.3, 0.4) is 0 Å². The first kappa shape index (κ1) is 14.9. The molecule has 0 aromatic carbocycles. The van der Waals surface area contributed by atoms with Gasteiger partial charge in [0.1, 0.15) is 5.69 Å². The minimum Gasteiger partial charge on any atom is -0.268 e. The minimum absolute atomic E-state index is 0.204. The number of amides is 1. The van der Waals surface area contributed by atoms with Gasteiger partial charge in [-0.1, -0.05) is 6.07 Å². The van der Waals surface area contributed by atoms with E-state index in [4.69, 9.17) is 0 Å². The summed E-state index contributed by atoms with van der Waals surface area (Å²) in [5.74, 6) is -0.945. The van der Waals surface area contributed by atoms with Crippen molar-refractivity contribution in [2.45, 2.75) is 18.9 Å². The lowest BCUT2D eigenvalue weighted by Crippen LogP contribution is -2.33. The van der Waals surface area contributed by atoms with Gasteiger partial charge >= 0.3 is 0 Å². The largest absolute Gasteiger partial charge is 0.285 e. The van der Waals surface area contributed by atoms with Crippen LogP contribution in [0.25, 0.3) is 0 Å². The zero-order valence-electron chi connectivity index (χ0n) is 11.2. The lowest BCUT2D eigenvalue weighted by Gasteiger charge is -2.07. The molecule has 0 aliphatic rings. The molecule has 0 atom stereocenters. The summed E-state index contributed by atoms with van der Waals surface area (Å²) in [6.45, 7) is 3.04. The van der Waals surface area contributed by atoms with E-state index in [9.17, 15) is 18.0 Å². The zero-order valence-corrected chi connectivity index (χ0v) is 12.1. The SMILES string of the molecule is Cc1cccnc1S(=O)(=O)NC(=O)c1cc(C)c(=O)[nH]n1. The maximum atomic E-state index is 12.1. The number of rotatable bonds is 3. The van der Waals surface area contributed by atoms with Crippen molar-refractivity contribution in [2.24, 2.45) is 0 Å². The molecule has 0 aliphatic heterocycles. The molecule has 0 unspecified atom stereocenters. The Kier molecular flexibility index (Phi) is 3.85. The number of carbonyl (C=O) groups is 1. The van der Waals surface area contributed by atoms with Crippen LogP contribution in [0.2, 0.25) is 0 Å². The minimum atomic E-state index is -4.10. The van der Waals surface area contributed by atoms with Crippen molar-refractivity contribution in [3.63, 3.8) is 0 Å². The molecular formula is C12H12N4O4S. The van der Waals surface area contributed by atoms with Gasteiger partial charge in [0.25, 0.3) is 21.5 Å². The summed E-state index contributed by atoms with van der Waals surface area (Å²) in [4.78, 5) is 26.8. The van der Waals surface area contributed by atoms with Gasteiger partial charge in [-0.2, -0.15) is 13.5 Å². The van der Waals surface area contributed by atoms with Gasteiger partial charge in [-0.25, -0.2) is 14.8 Å². The van der Waals surface area contributed by atoms with Gasteiger partial charge in [-0.05, 0) is 31.5 Å². The van der Waals surface area contributed by atoms with Gasteiger partial charge in [0, 0.05) is 11.8 Å². The number of nitrogens with zero attached hydrogens (tertiary/aromatic N) is 2. The van der Waals surface area contributed by atoms with Crippen molar-refractivity contribution in [3.8, 4) is 0 Å². The number of sulfonamides is 1. The molecule has 0 radical (unpaired) electrons. The number of hydrogen-bond acceptors (Lipinski definition) is 6. The Balaban J connectivity index is 2.32. The van der Waals surface area contributed by atoms with Gasteiger partial charge in [0.05, 0.1) is 0 Å². The second-order valence-corrected chi connectivity index (χ2v) is 5.92. The summed E-state index contributed by atoms with van der Waals surface area (Å²) in [7, 11) is -4.10. The van der Waals surface area contributed by atoms with Crippen molar-refractivity contribution in [1.29, 1.82) is 0 Å². The van der Waals surface area contributed by atoms with E-state index < -0.39 is 21.5 Å². The monoisotopic (exact) mass is 308 g/mol. The van der Waals surface area contributed by atoms with E-state index in [2.05, 4.69) is 15.2 Å². The van der Waals surface area contributed by atoms with Crippen LogP contribution in [0.1, 0.15) is 21.6 Å². The summed E-state index contributed by atoms with van der Waals surface area (Å²) in [5.41, 5.74) is 0.00390. The molecule has 0 saturated heterocycles. The van der Waals surface area contributed by atoms with E-state index in [-0.39, 0.29) is 16.3 Å². The Bertz CT molecular complexity index is 858. The first-order valence-corrected chi connectivity index (χ1v) is 7.34. The van der Waals surface area contributed by atoms with Gasteiger partial charge in [0.2, 0.25) is 0 Å². The van der Waals surface area contributed by atoms with E-state index in [1.54, 1.807) is 19.1 Å². The molecular weight excluding hydrogens is 296 g/mol. The highest BCUT2D eigenvalue weighted by atomic mass is 32.2. The topological polar surface area (TPSA) is 122 Å². The number of pyridine rings is 1. The van der Waals surface area contributed by atoms with Gasteiger partial charge < -0.3 is 0 Å². The normalized spacial score (nSPS) is 11.1. The van der Waals surface area contributed by atoms with Gasteiger partial charge in [-0.3, -0.25) is 9.59 Å². The van der Waals surface area contributed by atoms with Gasteiger partial charge in [-0.15, -0.1) is 0 Å². The molecule has 0 aliphatic carbocycles. The zero-order chi connectivity index (χ0) is 15.6. The second kappa shape index (κ2) is 5.44. The third-order valence-corrected chi connectivity index (χ3v) is 4.06. The molecule has 0 saturated carbocycles. The lowest BCUT2D eigenvalue weighted by atomic mass is 10.3. The smallest absolute Gasteiger partial charge is 0.268 e. The maximum absolute atomic E-state index is 12.1. The molecule has 2 aromatic heterocycles. The summed E-state index contributed by atoms with van der Waals surface area (Å²) < 4.78 is 26.1. The number of aromatic nitrogens is 3. The predicted molar refractivity (Wildman–Crippen MR) is 73.2 cm³/mol. The van der Waals surface area contributed by atoms with Crippen LogP contribution >= 0.6 is 0 Å². The van der Waals surface area contributed by atoms with E-state index in [0.717, 1.165) is 0 Å². The van der Waals surface area contributed by atoms with Crippen LogP contribution in [-0.4, -0.2) is 29.5 Å².